The Morgan fingerprint density at radius 2 is 2.27 bits per heavy atom. The molecule has 0 aromatic rings. The lowest BCUT2D eigenvalue weighted by molar-refractivity contribution is 0.291. The summed E-state index contributed by atoms with van der Waals surface area (Å²) in [4.78, 5) is 0. The van der Waals surface area contributed by atoms with E-state index < -0.39 is 6.17 Å². The van der Waals surface area contributed by atoms with Crippen LogP contribution in [0.1, 0.15) is 32.6 Å². The van der Waals surface area contributed by atoms with E-state index in [1.165, 1.54) is 25.3 Å². The first kappa shape index (κ1) is 13.2. The maximum Gasteiger partial charge on any atom is 0.139 e. The molecule has 0 bridgehead atoms. The van der Waals surface area contributed by atoms with Gasteiger partial charge in [-0.25, -0.2) is 4.39 Å². The third-order valence-corrected chi connectivity index (χ3v) is 4.87. The van der Waals surface area contributed by atoms with Crippen molar-refractivity contribution >= 4 is 22.6 Å². The zero-order chi connectivity index (χ0) is 11.4. The summed E-state index contributed by atoms with van der Waals surface area (Å²) in [5.74, 6) is 1.18. The first-order chi connectivity index (χ1) is 7.10. The summed E-state index contributed by atoms with van der Waals surface area (Å²) in [6.45, 7) is 9.63. The molecule has 0 saturated heterocycles. The summed E-state index contributed by atoms with van der Waals surface area (Å²) >= 11 is 2.46. The Morgan fingerprint density at radius 1 is 1.60 bits per heavy atom. The number of hydrogen-bond donors (Lipinski definition) is 0. The van der Waals surface area contributed by atoms with Crippen LogP contribution in [0.5, 0.6) is 0 Å². The van der Waals surface area contributed by atoms with Crippen molar-refractivity contribution in [3.63, 3.8) is 0 Å². The topological polar surface area (TPSA) is 0 Å². The van der Waals surface area contributed by atoms with E-state index in [-0.39, 0.29) is 0 Å². The van der Waals surface area contributed by atoms with Gasteiger partial charge in [-0.05, 0) is 36.7 Å². The minimum atomic E-state index is -1.02. The summed E-state index contributed by atoms with van der Waals surface area (Å²) < 4.78 is 14.0. The van der Waals surface area contributed by atoms with Gasteiger partial charge in [0.2, 0.25) is 0 Å². The van der Waals surface area contributed by atoms with E-state index in [2.05, 4.69) is 42.7 Å². The van der Waals surface area contributed by atoms with Gasteiger partial charge in [-0.1, -0.05) is 55.2 Å². The van der Waals surface area contributed by atoms with Crippen LogP contribution in [0, 0.1) is 11.8 Å². The molecule has 1 aliphatic rings. The van der Waals surface area contributed by atoms with E-state index in [1.54, 1.807) is 0 Å². The SMILES string of the molecule is C=CC(F)C(=C)C1CCC(CC)C[C@H]1I. The Balaban J connectivity index is 2.57. The van der Waals surface area contributed by atoms with Crippen LogP contribution in [-0.2, 0) is 0 Å². The Bertz CT molecular complexity index is 237. The second-order valence-electron chi connectivity index (χ2n) is 4.42. The highest BCUT2D eigenvalue weighted by Gasteiger charge is 2.31. The summed E-state index contributed by atoms with van der Waals surface area (Å²) in [5.41, 5.74) is 0.735. The molecular formula is C13H20FI. The smallest absolute Gasteiger partial charge is 0.139 e. The molecule has 0 nitrogen and oxygen atoms in total. The van der Waals surface area contributed by atoms with Gasteiger partial charge in [0.1, 0.15) is 6.17 Å². The number of halogens is 2. The van der Waals surface area contributed by atoms with Gasteiger partial charge >= 0.3 is 0 Å². The van der Waals surface area contributed by atoms with E-state index in [0.29, 0.717) is 9.84 Å². The van der Waals surface area contributed by atoms with Crippen molar-refractivity contribution in [1.29, 1.82) is 0 Å². The van der Waals surface area contributed by atoms with Crippen molar-refractivity contribution in [2.75, 3.05) is 0 Å². The van der Waals surface area contributed by atoms with E-state index in [1.807, 2.05) is 0 Å². The lowest BCUT2D eigenvalue weighted by atomic mass is 9.77. The minimum absolute atomic E-state index is 0.349. The molecule has 15 heavy (non-hydrogen) atoms. The fourth-order valence-electron chi connectivity index (χ4n) is 2.34. The standard InChI is InChI=1S/C13H20FI/c1-4-10-6-7-11(13(15)8-10)9(3)12(14)5-2/h5,10-13H,2-4,6-8H2,1H3/t10?,11?,12?,13-/m1/s1. The van der Waals surface area contributed by atoms with Gasteiger partial charge in [0.15, 0.2) is 0 Å². The molecule has 3 unspecified atom stereocenters. The van der Waals surface area contributed by atoms with Crippen LogP contribution >= 0.6 is 22.6 Å². The first-order valence-electron chi connectivity index (χ1n) is 5.69. The molecule has 0 N–H and O–H groups in total. The van der Waals surface area contributed by atoms with Crippen LogP contribution < -0.4 is 0 Å². The second kappa shape index (κ2) is 6.02. The molecule has 1 fully saturated rings. The van der Waals surface area contributed by atoms with Gasteiger partial charge in [0, 0.05) is 3.92 Å². The predicted molar refractivity (Wildman–Crippen MR) is 73.2 cm³/mol. The quantitative estimate of drug-likeness (QED) is 0.400. The van der Waals surface area contributed by atoms with Gasteiger partial charge in [-0.3, -0.25) is 0 Å². The van der Waals surface area contributed by atoms with Crippen molar-refractivity contribution in [2.45, 2.75) is 42.7 Å². The predicted octanol–water partition coefficient (Wildman–Crippen LogP) is 4.70. The summed E-state index contributed by atoms with van der Waals surface area (Å²) in [6.07, 6.45) is 5.12. The third-order valence-electron chi connectivity index (χ3n) is 3.50. The van der Waals surface area contributed by atoms with Crippen molar-refractivity contribution < 1.29 is 4.39 Å². The summed E-state index contributed by atoms with van der Waals surface area (Å²) in [7, 11) is 0. The monoisotopic (exact) mass is 322 g/mol. The number of allylic oxidation sites excluding steroid dienone is 2. The molecular weight excluding hydrogens is 302 g/mol. The van der Waals surface area contributed by atoms with Gasteiger partial charge in [-0.15, -0.1) is 0 Å². The zero-order valence-electron chi connectivity index (χ0n) is 9.39. The van der Waals surface area contributed by atoms with Crippen molar-refractivity contribution in [3.8, 4) is 0 Å². The van der Waals surface area contributed by atoms with Crippen molar-refractivity contribution in [2.24, 2.45) is 11.8 Å². The maximum atomic E-state index is 13.4. The zero-order valence-corrected chi connectivity index (χ0v) is 11.5. The van der Waals surface area contributed by atoms with Gasteiger partial charge in [0.25, 0.3) is 0 Å². The molecule has 1 aliphatic carbocycles. The minimum Gasteiger partial charge on any atom is -0.238 e. The molecule has 0 amide bonds. The van der Waals surface area contributed by atoms with Crippen LogP contribution in [0.15, 0.2) is 24.8 Å². The molecule has 0 aliphatic heterocycles. The molecule has 2 heteroatoms. The molecule has 4 atom stereocenters. The Morgan fingerprint density at radius 3 is 2.73 bits per heavy atom. The first-order valence-corrected chi connectivity index (χ1v) is 6.94. The second-order valence-corrected chi connectivity index (χ2v) is 6.02. The average Bonchev–Trinajstić information content (AvgIpc) is 2.26. The largest absolute Gasteiger partial charge is 0.238 e. The van der Waals surface area contributed by atoms with Crippen LogP contribution in [-0.4, -0.2) is 10.1 Å². The highest BCUT2D eigenvalue weighted by Crippen LogP contribution is 2.40. The fraction of sp³-hybridized carbons (Fsp3) is 0.692. The molecule has 0 heterocycles. The number of hydrogen-bond acceptors (Lipinski definition) is 0. The van der Waals surface area contributed by atoms with E-state index >= 15 is 0 Å². The summed E-state index contributed by atoms with van der Waals surface area (Å²) in [5, 5.41) is 0. The van der Waals surface area contributed by atoms with Crippen molar-refractivity contribution in [3.05, 3.63) is 24.8 Å². The van der Waals surface area contributed by atoms with Gasteiger partial charge in [0.05, 0.1) is 0 Å². The van der Waals surface area contributed by atoms with Gasteiger partial charge < -0.3 is 0 Å². The van der Waals surface area contributed by atoms with Crippen LogP contribution in [0.4, 0.5) is 4.39 Å². The van der Waals surface area contributed by atoms with Crippen molar-refractivity contribution in [1.82, 2.24) is 0 Å². The molecule has 0 aromatic carbocycles. The van der Waals surface area contributed by atoms with Crippen LogP contribution in [0.2, 0.25) is 0 Å². The number of rotatable bonds is 4. The lowest BCUT2D eigenvalue weighted by Crippen LogP contribution is -2.28. The maximum absolute atomic E-state index is 13.4. The van der Waals surface area contributed by atoms with E-state index in [4.69, 9.17) is 0 Å². The van der Waals surface area contributed by atoms with E-state index in [0.717, 1.165) is 17.9 Å². The highest BCUT2D eigenvalue weighted by atomic mass is 127. The van der Waals surface area contributed by atoms with E-state index in [9.17, 15) is 4.39 Å². The fourth-order valence-corrected chi connectivity index (χ4v) is 3.88. The third kappa shape index (κ3) is 3.30. The molecule has 0 radical (unpaired) electrons. The van der Waals surface area contributed by atoms with Crippen LogP contribution in [0.3, 0.4) is 0 Å². The normalized spacial score (nSPS) is 33.4. The molecule has 0 aromatic heterocycles. The Labute approximate surface area is 106 Å². The lowest BCUT2D eigenvalue weighted by Gasteiger charge is -2.34. The average molecular weight is 322 g/mol. The Kier molecular flexibility index (Phi) is 5.30. The number of alkyl halides is 2. The molecule has 1 saturated carbocycles. The Hall–Kier alpha value is 0.140. The van der Waals surface area contributed by atoms with Gasteiger partial charge in [-0.2, -0.15) is 0 Å². The molecule has 86 valence electrons. The molecule has 1 rings (SSSR count). The summed E-state index contributed by atoms with van der Waals surface area (Å²) in [6, 6.07) is 0. The highest BCUT2D eigenvalue weighted by molar-refractivity contribution is 14.1. The molecule has 0 spiro atoms. The van der Waals surface area contributed by atoms with Crippen LogP contribution in [0.25, 0.3) is 0 Å².